The first-order valence-corrected chi connectivity index (χ1v) is 30.7. The van der Waals surface area contributed by atoms with Crippen LogP contribution in [0.3, 0.4) is 0 Å². The second-order valence-electron chi connectivity index (χ2n) is 10.3. The van der Waals surface area contributed by atoms with E-state index < -0.39 is 10.8 Å². The van der Waals surface area contributed by atoms with E-state index in [4.69, 9.17) is 38.8 Å². The first-order chi connectivity index (χ1) is 21.3. The molecule has 17 heteroatoms. The zero-order valence-corrected chi connectivity index (χ0v) is 33.4. The predicted octanol–water partition coefficient (Wildman–Crippen LogP) is 5.36. The van der Waals surface area contributed by atoms with Crippen molar-refractivity contribution in [3.05, 3.63) is 48.5 Å². The van der Waals surface area contributed by atoms with Gasteiger partial charge < -0.3 is 9.80 Å². The van der Waals surface area contributed by atoms with Crippen molar-refractivity contribution < 1.29 is 20.8 Å². The zero-order valence-electron chi connectivity index (χ0n) is 27.4. The van der Waals surface area contributed by atoms with Crippen LogP contribution in [0.5, 0.6) is 0 Å². The van der Waals surface area contributed by atoms with Crippen LogP contribution in [-0.4, -0.2) is 89.4 Å². The van der Waals surface area contributed by atoms with Gasteiger partial charge in [0.05, 0.1) is 25.5 Å². The van der Waals surface area contributed by atoms with Crippen LogP contribution in [0.1, 0.15) is 27.7 Å². The number of hydrogen-bond acceptors (Lipinski definition) is 10. The van der Waals surface area contributed by atoms with Crippen molar-refractivity contribution in [2.24, 2.45) is 30.7 Å². The van der Waals surface area contributed by atoms with Crippen LogP contribution in [0, 0.1) is 0 Å². The van der Waals surface area contributed by atoms with Crippen LogP contribution in [0.2, 0.25) is 0 Å². The molecular weight excluding hydrogens is 712 g/mol. The number of azo groups is 2. The van der Waals surface area contributed by atoms with Gasteiger partial charge in [0.1, 0.15) is 0 Å². The molecule has 2 aromatic carbocycles. The summed E-state index contributed by atoms with van der Waals surface area (Å²) in [4.78, 5) is 8.50. The summed E-state index contributed by atoms with van der Waals surface area (Å²) >= 11 is 0. The van der Waals surface area contributed by atoms with Crippen molar-refractivity contribution >= 4 is 74.2 Å². The Morgan fingerprint density at radius 3 is 1.16 bits per heavy atom. The molecular formula is C28H46Cl4N12Zn. The Hall–Kier alpha value is -2.12. The Balaban J connectivity index is 0.000000273. The minimum absolute atomic E-state index is 0.0718. The maximum absolute atomic E-state index is 5.05. The van der Waals surface area contributed by atoms with Gasteiger partial charge in [-0.3, -0.25) is 9.80 Å². The average Bonchev–Trinajstić information content (AvgIpc) is 3.51. The molecule has 0 radical (unpaired) electrons. The maximum atomic E-state index is 5.05. The standard InChI is InChI=1S/2C14H22N6.4ClH.Zn/c2*1-5-20(6-2)13-9-7-12(8-10-13)16-17-14-18(3)11-15-19(14)4;;;;;/h2*7-11,14H,5-6H2,1-4H3;4*1H;/q;;;;;;+2/p-2. The first kappa shape index (κ1) is 39.1. The van der Waals surface area contributed by atoms with Crippen molar-refractivity contribution in [2.75, 3.05) is 64.2 Å². The Morgan fingerprint density at radius 1 is 0.644 bits per heavy atom. The molecule has 0 aliphatic carbocycles. The molecule has 12 nitrogen and oxygen atoms in total. The third-order valence-electron chi connectivity index (χ3n) is 6.93. The SMILES string of the molecule is CCN(CC)c1ccc(N=NC2N(C)C=N[NH+]2C)cc1.CCN(CC)c1ccc(N=NC2N(C)C=N[NH+]2C)cc1.[Cl][Zn-2]([Cl])([Cl])[Cl]. The Morgan fingerprint density at radius 2 is 0.933 bits per heavy atom. The zero-order chi connectivity index (χ0) is 33.6. The second-order valence-corrected chi connectivity index (χ2v) is 38.0. The fourth-order valence-electron chi connectivity index (χ4n) is 4.42. The van der Waals surface area contributed by atoms with Gasteiger partial charge in [0.15, 0.2) is 12.7 Å². The van der Waals surface area contributed by atoms with Crippen molar-refractivity contribution in [1.82, 2.24) is 9.80 Å². The van der Waals surface area contributed by atoms with Gasteiger partial charge in [-0.2, -0.15) is 10.0 Å². The van der Waals surface area contributed by atoms with Crippen molar-refractivity contribution in [1.29, 1.82) is 0 Å². The van der Waals surface area contributed by atoms with E-state index in [9.17, 15) is 0 Å². The van der Waals surface area contributed by atoms with Crippen molar-refractivity contribution in [2.45, 2.75) is 40.3 Å². The fourth-order valence-corrected chi connectivity index (χ4v) is 4.42. The molecule has 45 heavy (non-hydrogen) atoms. The van der Waals surface area contributed by atoms with E-state index in [1.165, 1.54) is 11.4 Å². The molecule has 0 saturated carbocycles. The van der Waals surface area contributed by atoms with E-state index >= 15 is 0 Å². The summed E-state index contributed by atoms with van der Waals surface area (Å²) < 4.78 is 0. The fraction of sp³-hybridized carbons (Fsp3) is 0.500. The monoisotopic (exact) mass is 754 g/mol. The normalized spacial score (nSPS) is 20.8. The summed E-state index contributed by atoms with van der Waals surface area (Å²) in [6, 6.07) is 16.4. The van der Waals surface area contributed by atoms with Gasteiger partial charge in [-0.25, -0.2) is 0 Å². The quantitative estimate of drug-likeness (QED) is 0.252. The molecule has 0 fully saturated rings. The van der Waals surface area contributed by atoms with Crippen molar-refractivity contribution in [3.63, 3.8) is 0 Å². The molecule has 248 valence electrons. The molecule has 2 heterocycles. The summed E-state index contributed by atoms with van der Waals surface area (Å²) in [5.41, 5.74) is 4.18. The van der Waals surface area contributed by atoms with Crippen LogP contribution >= 0.6 is 38.8 Å². The molecule has 2 aliphatic heterocycles. The second kappa shape index (κ2) is 19.5. The molecule has 0 aromatic heterocycles. The summed E-state index contributed by atoms with van der Waals surface area (Å²) in [5, 5.41) is 27.7. The van der Waals surface area contributed by atoms with Crippen LogP contribution in [0.4, 0.5) is 22.7 Å². The Labute approximate surface area is 286 Å². The summed E-state index contributed by atoms with van der Waals surface area (Å²) in [6.45, 7) is 12.7. The number of quaternary nitrogens is 2. The van der Waals surface area contributed by atoms with Crippen LogP contribution in [0.15, 0.2) is 79.2 Å². The minimum atomic E-state index is -3.36. The van der Waals surface area contributed by atoms with Crippen LogP contribution < -0.4 is 19.8 Å². The molecule has 0 saturated heterocycles. The van der Waals surface area contributed by atoms with Gasteiger partial charge in [-0.05, 0) is 76.2 Å². The molecule has 2 aliphatic rings. The Bertz CT molecular complexity index is 1130. The topological polar surface area (TPSA) is 96.0 Å². The van der Waals surface area contributed by atoms with Gasteiger partial charge in [-0.1, -0.05) is 10.2 Å². The third kappa shape index (κ3) is 13.6. The molecule has 0 bridgehead atoms. The number of benzene rings is 2. The molecule has 2 aromatic rings. The van der Waals surface area contributed by atoms with Crippen LogP contribution in [0.25, 0.3) is 0 Å². The Kier molecular flexibility index (Phi) is 16.9. The molecule has 4 unspecified atom stereocenters. The average molecular weight is 758 g/mol. The number of nitrogens with zero attached hydrogens (tertiary/aromatic N) is 10. The summed E-state index contributed by atoms with van der Waals surface area (Å²) in [5.74, 6) is 0. The first-order valence-electron chi connectivity index (χ1n) is 15.1. The summed E-state index contributed by atoms with van der Waals surface area (Å²) in [7, 11) is 24.7. The van der Waals surface area contributed by atoms with Crippen LogP contribution in [-0.2, 0) is 10.8 Å². The predicted molar refractivity (Wildman–Crippen MR) is 186 cm³/mol. The van der Waals surface area contributed by atoms with E-state index in [1.807, 2.05) is 62.3 Å². The van der Waals surface area contributed by atoms with Gasteiger partial charge >= 0.3 is 62.2 Å². The van der Waals surface area contributed by atoms with Gasteiger partial charge in [-0.15, -0.1) is 20.5 Å². The number of hydrogen-bond donors (Lipinski definition) is 2. The molecule has 2 N–H and O–H groups in total. The number of rotatable bonds is 10. The van der Waals surface area contributed by atoms with E-state index in [0.29, 0.717) is 0 Å². The number of halogens is 4. The van der Waals surface area contributed by atoms with Gasteiger partial charge in [0.25, 0.3) is 0 Å². The van der Waals surface area contributed by atoms with E-state index in [1.54, 1.807) is 12.7 Å². The molecule has 0 spiro atoms. The van der Waals surface area contributed by atoms with Gasteiger partial charge in [0.2, 0.25) is 0 Å². The molecule has 4 atom stereocenters. The summed E-state index contributed by atoms with van der Waals surface area (Å²) in [6.07, 6.45) is 3.42. The van der Waals surface area contributed by atoms with E-state index in [2.05, 4.69) is 92.4 Å². The van der Waals surface area contributed by atoms with Crippen molar-refractivity contribution in [3.8, 4) is 0 Å². The van der Waals surface area contributed by atoms with E-state index in [-0.39, 0.29) is 12.6 Å². The molecule has 4 rings (SSSR count). The molecule has 0 amide bonds. The third-order valence-corrected chi connectivity index (χ3v) is 6.93. The van der Waals surface area contributed by atoms with Gasteiger partial charge in [0, 0.05) is 51.6 Å². The number of anilines is 2. The number of nitrogens with one attached hydrogen (secondary N) is 2. The van der Waals surface area contributed by atoms with E-state index in [0.717, 1.165) is 47.6 Å².